The molecule has 0 aromatic carbocycles. The molecule has 0 nitrogen and oxygen atoms in total. The summed E-state index contributed by atoms with van der Waals surface area (Å²) in [6, 6.07) is 0.959. The standard InChI is InChI=1S/C5H11Cl2Si/c1-5(2,3)4-8(6)7/h4H2,1-3H3. The second-order valence-electron chi connectivity index (χ2n) is 3.08. The Hall–Kier alpha value is 0.797. The first-order chi connectivity index (χ1) is 3.42. The molecule has 8 heavy (non-hydrogen) atoms. The molecule has 1 radical (unpaired) electrons. The maximum absolute atomic E-state index is 5.63. The van der Waals surface area contributed by atoms with Gasteiger partial charge in [-0.1, -0.05) is 20.8 Å². The van der Waals surface area contributed by atoms with E-state index in [4.69, 9.17) is 22.2 Å². The Morgan fingerprint density at radius 3 is 1.62 bits per heavy atom. The predicted octanol–water partition coefficient (Wildman–Crippen LogP) is 3.00. The lowest BCUT2D eigenvalue weighted by atomic mass is 10.0. The van der Waals surface area contributed by atoms with E-state index in [-0.39, 0.29) is 0 Å². The SMILES string of the molecule is CC(C)(C)C[Si](Cl)Cl. The third-order valence-corrected chi connectivity index (χ3v) is 2.79. The number of hydrogen-bond donors (Lipinski definition) is 0. The van der Waals surface area contributed by atoms with Gasteiger partial charge in [-0.05, 0) is 11.5 Å². The molecule has 0 fully saturated rings. The molecule has 0 saturated carbocycles. The van der Waals surface area contributed by atoms with Crippen molar-refractivity contribution in [2.45, 2.75) is 26.8 Å². The molecular formula is C5H11Cl2Si. The highest BCUT2D eigenvalue weighted by molar-refractivity contribution is 7.33. The third kappa shape index (κ3) is 6.80. The van der Waals surface area contributed by atoms with Crippen LogP contribution in [0, 0.1) is 5.41 Å². The van der Waals surface area contributed by atoms with Crippen molar-refractivity contribution in [2.75, 3.05) is 0 Å². The Labute approximate surface area is 62.2 Å². The Kier molecular flexibility index (Phi) is 3.40. The van der Waals surface area contributed by atoms with Crippen LogP contribution in [0.15, 0.2) is 0 Å². The van der Waals surface area contributed by atoms with Gasteiger partial charge in [0.05, 0.1) is 0 Å². The minimum absolute atomic E-state index is 0.303. The minimum atomic E-state index is -1.05. The number of halogens is 2. The molecule has 0 aliphatic carbocycles. The van der Waals surface area contributed by atoms with E-state index in [0.29, 0.717) is 5.41 Å². The summed E-state index contributed by atoms with van der Waals surface area (Å²) in [7, 11) is -1.05. The molecule has 0 aliphatic heterocycles. The van der Waals surface area contributed by atoms with Crippen molar-refractivity contribution in [2.24, 2.45) is 5.41 Å². The Balaban J connectivity index is 3.39. The van der Waals surface area contributed by atoms with E-state index < -0.39 is 7.42 Å². The van der Waals surface area contributed by atoms with Crippen molar-refractivity contribution in [3.8, 4) is 0 Å². The number of hydrogen-bond acceptors (Lipinski definition) is 0. The van der Waals surface area contributed by atoms with Crippen molar-refractivity contribution in [3.63, 3.8) is 0 Å². The van der Waals surface area contributed by atoms with Crippen LogP contribution in [-0.4, -0.2) is 7.42 Å². The van der Waals surface area contributed by atoms with Crippen LogP contribution in [0.1, 0.15) is 20.8 Å². The summed E-state index contributed by atoms with van der Waals surface area (Å²) in [5.41, 5.74) is 0.303. The Morgan fingerprint density at radius 2 is 1.62 bits per heavy atom. The van der Waals surface area contributed by atoms with Gasteiger partial charge in [-0.2, -0.15) is 0 Å². The summed E-state index contributed by atoms with van der Waals surface area (Å²) in [5, 5.41) is 0. The third-order valence-electron chi connectivity index (χ3n) is 0.664. The Morgan fingerprint density at radius 1 is 1.25 bits per heavy atom. The van der Waals surface area contributed by atoms with Crippen LogP contribution in [0.5, 0.6) is 0 Å². The van der Waals surface area contributed by atoms with Gasteiger partial charge in [0.2, 0.25) is 0 Å². The van der Waals surface area contributed by atoms with Crippen LogP contribution in [0.2, 0.25) is 6.04 Å². The van der Waals surface area contributed by atoms with E-state index >= 15 is 0 Å². The molecule has 0 saturated heterocycles. The zero-order chi connectivity index (χ0) is 6.78. The normalized spacial score (nSPS) is 12.8. The molecule has 0 aromatic heterocycles. The molecule has 0 atom stereocenters. The molecule has 0 amide bonds. The van der Waals surface area contributed by atoms with Gasteiger partial charge in [0, 0.05) is 0 Å². The van der Waals surface area contributed by atoms with Gasteiger partial charge in [-0.25, -0.2) is 0 Å². The lowest BCUT2D eigenvalue weighted by Crippen LogP contribution is -2.10. The van der Waals surface area contributed by atoms with Crippen LogP contribution in [-0.2, 0) is 0 Å². The lowest BCUT2D eigenvalue weighted by molar-refractivity contribution is 0.467. The summed E-state index contributed by atoms with van der Waals surface area (Å²) in [6.45, 7) is 6.42. The quantitative estimate of drug-likeness (QED) is 0.419. The summed E-state index contributed by atoms with van der Waals surface area (Å²) < 4.78 is 0. The van der Waals surface area contributed by atoms with Gasteiger partial charge < -0.3 is 0 Å². The fraction of sp³-hybridized carbons (Fsp3) is 1.00. The highest BCUT2D eigenvalue weighted by atomic mass is 35.7. The van der Waals surface area contributed by atoms with E-state index in [1.807, 2.05) is 0 Å². The molecule has 0 rings (SSSR count). The molecule has 0 unspecified atom stereocenters. The first-order valence-electron chi connectivity index (χ1n) is 2.59. The number of rotatable bonds is 1. The average molecular weight is 170 g/mol. The second kappa shape index (κ2) is 3.09. The summed E-state index contributed by atoms with van der Waals surface area (Å²) >= 11 is 11.3. The summed E-state index contributed by atoms with van der Waals surface area (Å²) in [6.07, 6.45) is 0. The molecule has 0 aromatic rings. The van der Waals surface area contributed by atoms with Crippen LogP contribution < -0.4 is 0 Å². The monoisotopic (exact) mass is 169 g/mol. The van der Waals surface area contributed by atoms with Gasteiger partial charge >= 0.3 is 0 Å². The zero-order valence-corrected chi connectivity index (χ0v) is 7.97. The zero-order valence-electron chi connectivity index (χ0n) is 5.46. The van der Waals surface area contributed by atoms with Crippen molar-refractivity contribution in [3.05, 3.63) is 0 Å². The lowest BCUT2D eigenvalue weighted by Gasteiger charge is -2.16. The van der Waals surface area contributed by atoms with Crippen LogP contribution in [0.4, 0.5) is 0 Å². The fourth-order valence-corrected chi connectivity index (χ4v) is 3.61. The maximum atomic E-state index is 5.63. The van der Waals surface area contributed by atoms with Gasteiger partial charge in [0.1, 0.15) is 0 Å². The highest BCUT2D eigenvalue weighted by Crippen LogP contribution is 2.24. The Bertz CT molecular complexity index is 65.3. The van der Waals surface area contributed by atoms with Crippen molar-refractivity contribution >= 4 is 29.6 Å². The van der Waals surface area contributed by atoms with Crippen molar-refractivity contribution in [1.82, 2.24) is 0 Å². The largest absolute Gasteiger partial charge is 0.274 e. The van der Waals surface area contributed by atoms with E-state index in [1.54, 1.807) is 0 Å². The van der Waals surface area contributed by atoms with Crippen LogP contribution in [0.25, 0.3) is 0 Å². The van der Waals surface area contributed by atoms with E-state index in [9.17, 15) is 0 Å². The van der Waals surface area contributed by atoms with Gasteiger partial charge in [-0.3, -0.25) is 0 Å². The minimum Gasteiger partial charge on any atom is -0.147 e. The predicted molar refractivity (Wildman–Crippen MR) is 41.7 cm³/mol. The fourth-order valence-electron chi connectivity index (χ4n) is 0.401. The van der Waals surface area contributed by atoms with Gasteiger partial charge in [0.25, 0.3) is 7.42 Å². The van der Waals surface area contributed by atoms with Crippen LogP contribution >= 0.6 is 22.2 Å². The molecule has 0 aliphatic rings. The molecule has 0 bridgehead atoms. The maximum Gasteiger partial charge on any atom is 0.274 e. The van der Waals surface area contributed by atoms with E-state index in [2.05, 4.69) is 20.8 Å². The first-order valence-corrected chi connectivity index (χ1v) is 6.32. The topological polar surface area (TPSA) is 0 Å². The van der Waals surface area contributed by atoms with E-state index in [0.717, 1.165) is 6.04 Å². The first kappa shape index (κ1) is 8.80. The summed E-state index contributed by atoms with van der Waals surface area (Å²) in [5.74, 6) is 0. The molecule has 49 valence electrons. The van der Waals surface area contributed by atoms with Gasteiger partial charge in [-0.15, -0.1) is 22.2 Å². The molecule has 0 N–H and O–H groups in total. The molecule has 0 spiro atoms. The molecule has 0 heterocycles. The van der Waals surface area contributed by atoms with E-state index in [1.165, 1.54) is 0 Å². The van der Waals surface area contributed by atoms with Crippen LogP contribution in [0.3, 0.4) is 0 Å². The smallest absolute Gasteiger partial charge is 0.147 e. The van der Waals surface area contributed by atoms with Crippen molar-refractivity contribution in [1.29, 1.82) is 0 Å². The molecule has 3 heteroatoms. The average Bonchev–Trinajstić information content (AvgIpc) is 1.21. The molecular weight excluding hydrogens is 159 g/mol. The van der Waals surface area contributed by atoms with Crippen molar-refractivity contribution < 1.29 is 0 Å². The second-order valence-corrected chi connectivity index (χ2v) is 7.42. The van der Waals surface area contributed by atoms with Gasteiger partial charge in [0.15, 0.2) is 0 Å². The summed E-state index contributed by atoms with van der Waals surface area (Å²) in [4.78, 5) is 0. The highest BCUT2D eigenvalue weighted by Gasteiger charge is 2.16.